The summed E-state index contributed by atoms with van der Waals surface area (Å²) in [6.45, 7) is 4.36. The lowest BCUT2D eigenvalue weighted by Gasteiger charge is -2.23. The molecule has 1 fully saturated rings. The molecule has 1 saturated heterocycles. The quantitative estimate of drug-likeness (QED) is 0.215. The van der Waals surface area contributed by atoms with Gasteiger partial charge < -0.3 is 20.1 Å². The van der Waals surface area contributed by atoms with E-state index in [2.05, 4.69) is 32.7 Å². The van der Waals surface area contributed by atoms with Crippen LogP contribution in [0.15, 0.2) is 84.9 Å². The topological polar surface area (TPSA) is 92.8 Å². The lowest BCUT2D eigenvalue weighted by molar-refractivity contribution is -0.117. The van der Waals surface area contributed by atoms with E-state index in [0.29, 0.717) is 5.13 Å². The van der Waals surface area contributed by atoms with Gasteiger partial charge in [-0.25, -0.2) is 9.78 Å². The van der Waals surface area contributed by atoms with Crippen LogP contribution in [0.2, 0.25) is 0 Å². The second-order valence-corrected chi connectivity index (χ2v) is 12.2. The number of benzene rings is 3. The van der Waals surface area contributed by atoms with Crippen molar-refractivity contribution in [1.29, 1.82) is 0 Å². The van der Waals surface area contributed by atoms with Crippen molar-refractivity contribution in [3.05, 3.63) is 107 Å². The number of nitrogens with zero attached hydrogens (tertiary/aromatic N) is 2. The fraction of sp³-hybridized carbons (Fsp3) is 0.324. The number of aromatic nitrogens is 1. The minimum absolute atomic E-state index is 0.0287. The highest BCUT2D eigenvalue weighted by Crippen LogP contribution is 2.38. The van der Waals surface area contributed by atoms with Gasteiger partial charge in [-0.1, -0.05) is 60.7 Å². The summed E-state index contributed by atoms with van der Waals surface area (Å²) in [5, 5.41) is 6.59. The molecule has 2 amide bonds. The molecule has 1 aromatic heterocycles. The summed E-state index contributed by atoms with van der Waals surface area (Å²) >= 11 is 1.47. The molecule has 0 spiro atoms. The molecule has 4 aromatic rings. The summed E-state index contributed by atoms with van der Waals surface area (Å²) in [5.41, 5.74) is 2.92. The third-order valence-corrected chi connectivity index (χ3v) is 9.02. The number of para-hydroxylation sites is 1. The van der Waals surface area contributed by atoms with Gasteiger partial charge in [0, 0.05) is 30.6 Å². The molecule has 2 heterocycles. The summed E-state index contributed by atoms with van der Waals surface area (Å²) in [6, 6.07) is 27.6. The summed E-state index contributed by atoms with van der Waals surface area (Å²) in [7, 11) is 0. The van der Waals surface area contributed by atoms with E-state index in [1.54, 1.807) is 0 Å². The Morgan fingerprint density at radius 1 is 0.977 bits per heavy atom. The molecule has 0 bridgehead atoms. The molecule has 0 radical (unpaired) electrons. The number of anilines is 1. The Morgan fingerprint density at radius 2 is 1.70 bits per heavy atom. The number of hydrogen-bond donors (Lipinski definition) is 2. The third-order valence-electron chi connectivity index (χ3n) is 7.98. The van der Waals surface area contributed by atoms with Crippen LogP contribution < -0.4 is 15.4 Å². The zero-order chi connectivity index (χ0) is 29.6. The largest absolute Gasteiger partial charge is 0.457 e. The first-order chi connectivity index (χ1) is 21.0. The average molecular weight is 597 g/mol. The van der Waals surface area contributed by atoms with E-state index in [1.165, 1.54) is 16.9 Å². The Kier molecular flexibility index (Phi) is 9.00. The molecule has 1 aliphatic carbocycles. The maximum atomic E-state index is 12.9. The molecule has 3 aromatic carbocycles. The van der Waals surface area contributed by atoms with E-state index in [-0.39, 0.29) is 17.9 Å². The Balaban J connectivity index is 0.979. The zero-order valence-corrected chi connectivity index (χ0v) is 25.0. The molecular weight excluding hydrogens is 560 g/mol. The van der Waals surface area contributed by atoms with Gasteiger partial charge in [0.1, 0.15) is 17.6 Å². The van der Waals surface area contributed by atoms with Gasteiger partial charge in [0.2, 0.25) is 5.91 Å². The number of carbonyl (C=O) groups excluding carboxylic acids is 2. The summed E-state index contributed by atoms with van der Waals surface area (Å²) in [4.78, 5) is 33.8. The first-order valence-electron chi connectivity index (χ1n) is 14.9. The second kappa shape index (κ2) is 13.4. The van der Waals surface area contributed by atoms with E-state index in [0.717, 1.165) is 73.0 Å². The van der Waals surface area contributed by atoms with Crippen molar-refractivity contribution in [2.24, 2.45) is 0 Å². The van der Waals surface area contributed by atoms with E-state index in [9.17, 15) is 9.59 Å². The third kappa shape index (κ3) is 7.42. The van der Waals surface area contributed by atoms with Crippen LogP contribution in [0.25, 0.3) is 0 Å². The SMILES string of the molecule is CC(C(=O)Nc1nc2c(s1)CCCC2OC(=O)NC1CCN(Cc2ccc(Oc3ccccc3)cc2)C1)c1ccccc1. The first-order valence-corrected chi connectivity index (χ1v) is 15.7. The van der Waals surface area contributed by atoms with E-state index >= 15 is 0 Å². The molecule has 3 unspecified atom stereocenters. The smallest absolute Gasteiger partial charge is 0.408 e. The highest BCUT2D eigenvalue weighted by molar-refractivity contribution is 7.15. The molecule has 0 saturated carbocycles. The predicted molar refractivity (Wildman–Crippen MR) is 168 cm³/mol. The normalized spacial score (nSPS) is 18.8. The van der Waals surface area contributed by atoms with Crippen LogP contribution in [-0.4, -0.2) is 41.0 Å². The molecule has 1 aliphatic heterocycles. The molecule has 2 aliphatic rings. The van der Waals surface area contributed by atoms with Gasteiger partial charge in [0.25, 0.3) is 0 Å². The number of aryl methyl sites for hydroxylation is 1. The van der Waals surface area contributed by atoms with Crippen molar-refractivity contribution in [1.82, 2.24) is 15.2 Å². The van der Waals surface area contributed by atoms with Crippen LogP contribution in [0.5, 0.6) is 11.5 Å². The number of amides is 2. The molecular formula is C34H36N4O4S. The van der Waals surface area contributed by atoms with Gasteiger partial charge in [-0.2, -0.15) is 0 Å². The van der Waals surface area contributed by atoms with Crippen LogP contribution >= 0.6 is 11.3 Å². The van der Waals surface area contributed by atoms with Crippen LogP contribution in [0.4, 0.5) is 9.93 Å². The van der Waals surface area contributed by atoms with Crippen LogP contribution in [-0.2, 0) is 22.5 Å². The summed E-state index contributed by atoms with van der Waals surface area (Å²) in [5.74, 6) is 1.23. The van der Waals surface area contributed by atoms with Gasteiger partial charge in [-0.3, -0.25) is 9.69 Å². The average Bonchev–Trinajstić information content (AvgIpc) is 3.65. The lowest BCUT2D eigenvalue weighted by atomic mass is 10.00. The van der Waals surface area contributed by atoms with E-state index in [1.807, 2.05) is 79.7 Å². The van der Waals surface area contributed by atoms with Gasteiger partial charge in [0.15, 0.2) is 5.13 Å². The number of likely N-dealkylation sites (tertiary alicyclic amines) is 1. The van der Waals surface area contributed by atoms with Crippen molar-refractivity contribution >= 4 is 28.5 Å². The Bertz CT molecular complexity index is 1530. The van der Waals surface area contributed by atoms with Crippen molar-refractivity contribution in [3.63, 3.8) is 0 Å². The molecule has 3 atom stereocenters. The van der Waals surface area contributed by atoms with Gasteiger partial charge in [-0.05, 0) is 68.0 Å². The Hall–Kier alpha value is -4.21. The number of fused-ring (bicyclic) bond motifs is 1. The molecule has 43 heavy (non-hydrogen) atoms. The molecule has 9 heteroatoms. The summed E-state index contributed by atoms with van der Waals surface area (Å²) < 4.78 is 11.8. The molecule has 6 rings (SSSR count). The number of nitrogens with one attached hydrogen (secondary N) is 2. The highest BCUT2D eigenvalue weighted by Gasteiger charge is 2.31. The number of thiazole rings is 1. The number of hydrogen-bond acceptors (Lipinski definition) is 7. The molecule has 222 valence electrons. The number of carbonyl (C=O) groups is 2. The monoisotopic (exact) mass is 596 g/mol. The minimum Gasteiger partial charge on any atom is -0.457 e. The molecule has 2 N–H and O–H groups in total. The summed E-state index contributed by atoms with van der Waals surface area (Å²) in [6.07, 6.45) is 2.55. The number of ether oxygens (including phenoxy) is 2. The highest BCUT2D eigenvalue weighted by atomic mass is 32.1. The van der Waals surface area contributed by atoms with Crippen LogP contribution in [0.3, 0.4) is 0 Å². The fourth-order valence-electron chi connectivity index (χ4n) is 5.62. The maximum absolute atomic E-state index is 12.9. The van der Waals surface area contributed by atoms with Crippen LogP contribution in [0, 0.1) is 0 Å². The van der Waals surface area contributed by atoms with Gasteiger partial charge in [-0.15, -0.1) is 11.3 Å². The van der Waals surface area contributed by atoms with Gasteiger partial charge in [0.05, 0.1) is 11.6 Å². The Labute approximate surface area is 256 Å². The van der Waals surface area contributed by atoms with Crippen molar-refractivity contribution in [3.8, 4) is 11.5 Å². The lowest BCUT2D eigenvalue weighted by Crippen LogP contribution is -2.38. The van der Waals surface area contributed by atoms with Crippen molar-refractivity contribution < 1.29 is 19.1 Å². The predicted octanol–water partition coefficient (Wildman–Crippen LogP) is 7.06. The second-order valence-electron chi connectivity index (χ2n) is 11.2. The maximum Gasteiger partial charge on any atom is 0.408 e. The fourth-order valence-corrected chi connectivity index (χ4v) is 6.68. The van der Waals surface area contributed by atoms with Crippen molar-refractivity contribution in [2.75, 3.05) is 18.4 Å². The number of alkyl carbamates (subject to hydrolysis) is 1. The van der Waals surface area contributed by atoms with Gasteiger partial charge >= 0.3 is 6.09 Å². The zero-order valence-electron chi connectivity index (χ0n) is 24.2. The van der Waals surface area contributed by atoms with Crippen molar-refractivity contribution in [2.45, 2.75) is 57.2 Å². The Morgan fingerprint density at radius 3 is 2.47 bits per heavy atom. The van der Waals surface area contributed by atoms with Crippen LogP contribution in [0.1, 0.15) is 59.9 Å². The van der Waals surface area contributed by atoms with E-state index in [4.69, 9.17) is 9.47 Å². The number of rotatable bonds is 9. The molecule has 8 nitrogen and oxygen atoms in total. The first kappa shape index (κ1) is 28.9. The van der Waals surface area contributed by atoms with E-state index < -0.39 is 12.2 Å². The minimum atomic E-state index is -0.414. The standard InChI is InChI=1S/C34H36N4O4S/c1-23(25-9-4-2-5-10-25)32(39)37-33-36-31-29(13-8-14-30(31)43-33)42-34(40)35-26-19-20-38(22-26)21-24-15-17-28(18-16-24)41-27-11-6-3-7-12-27/h2-7,9-12,15-18,23,26,29H,8,13-14,19-22H2,1H3,(H,35,40)(H,36,37,39).